The number of methoxy groups -OCH3 is 1. The molecule has 24 heavy (non-hydrogen) atoms. The van der Waals surface area contributed by atoms with Gasteiger partial charge in [0, 0.05) is 24.7 Å². The van der Waals surface area contributed by atoms with E-state index in [1.807, 2.05) is 35.2 Å². The number of anilines is 1. The van der Waals surface area contributed by atoms with E-state index in [1.165, 1.54) is 16.7 Å². The summed E-state index contributed by atoms with van der Waals surface area (Å²) in [4.78, 5) is 14.4. The standard InChI is InChI=1S/C20H24N2O2/c1-14-4-7-18(12-15(14)2)21-20(23)22-11-10-17(13-22)16-5-8-19(24-3)9-6-16/h4-9,12,17H,10-11,13H2,1-3H3,(H,21,23). The Morgan fingerprint density at radius 1 is 1.12 bits per heavy atom. The third-order valence-corrected chi connectivity index (χ3v) is 4.82. The predicted octanol–water partition coefficient (Wildman–Crippen LogP) is 4.33. The predicted molar refractivity (Wildman–Crippen MR) is 96.9 cm³/mol. The Morgan fingerprint density at radius 3 is 2.54 bits per heavy atom. The number of urea groups is 1. The quantitative estimate of drug-likeness (QED) is 0.913. The van der Waals surface area contributed by atoms with Crippen molar-refractivity contribution in [3.05, 3.63) is 59.2 Å². The summed E-state index contributed by atoms with van der Waals surface area (Å²) < 4.78 is 5.20. The van der Waals surface area contributed by atoms with Crippen molar-refractivity contribution in [2.45, 2.75) is 26.2 Å². The average Bonchev–Trinajstić information content (AvgIpc) is 3.08. The molecule has 126 valence electrons. The molecule has 2 amide bonds. The lowest BCUT2D eigenvalue weighted by atomic mass is 9.98. The first-order chi connectivity index (χ1) is 11.6. The zero-order valence-electron chi connectivity index (χ0n) is 14.5. The number of ether oxygens (including phenoxy) is 1. The van der Waals surface area contributed by atoms with E-state index in [1.54, 1.807) is 7.11 Å². The molecular weight excluding hydrogens is 300 g/mol. The first-order valence-electron chi connectivity index (χ1n) is 8.34. The number of carbonyl (C=O) groups is 1. The van der Waals surface area contributed by atoms with Gasteiger partial charge in [-0.05, 0) is 61.2 Å². The van der Waals surface area contributed by atoms with E-state index < -0.39 is 0 Å². The van der Waals surface area contributed by atoms with Crippen molar-refractivity contribution in [3.8, 4) is 5.75 Å². The molecule has 1 N–H and O–H groups in total. The van der Waals surface area contributed by atoms with Gasteiger partial charge >= 0.3 is 6.03 Å². The second kappa shape index (κ2) is 6.95. The fourth-order valence-electron chi connectivity index (χ4n) is 3.11. The van der Waals surface area contributed by atoms with Crippen molar-refractivity contribution >= 4 is 11.7 Å². The molecule has 2 aromatic carbocycles. The van der Waals surface area contributed by atoms with E-state index in [0.717, 1.165) is 30.9 Å². The molecule has 0 aromatic heterocycles. The van der Waals surface area contributed by atoms with Crippen LogP contribution >= 0.6 is 0 Å². The van der Waals surface area contributed by atoms with Crippen LogP contribution in [0.3, 0.4) is 0 Å². The number of nitrogens with one attached hydrogen (secondary N) is 1. The van der Waals surface area contributed by atoms with Crippen LogP contribution in [0.1, 0.15) is 29.0 Å². The van der Waals surface area contributed by atoms with Crippen LogP contribution in [0.2, 0.25) is 0 Å². The summed E-state index contributed by atoms with van der Waals surface area (Å²) in [7, 11) is 1.67. The molecule has 3 rings (SSSR count). The Hall–Kier alpha value is -2.49. The molecule has 0 radical (unpaired) electrons. The number of hydrogen-bond donors (Lipinski definition) is 1. The third-order valence-electron chi connectivity index (χ3n) is 4.82. The summed E-state index contributed by atoms with van der Waals surface area (Å²) in [5, 5.41) is 3.01. The molecule has 0 saturated carbocycles. The highest BCUT2D eigenvalue weighted by Crippen LogP contribution is 2.29. The van der Waals surface area contributed by atoms with E-state index in [0.29, 0.717) is 5.92 Å². The van der Waals surface area contributed by atoms with Gasteiger partial charge in [-0.25, -0.2) is 4.79 Å². The van der Waals surface area contributed by atoms with Crippen molar-refractivity contribution in [3.63, 3.8) is 0 Å². The Balaban J connectivity index is 1.61. The summed E-state index contributed by atoms with van der Waals surface area (Å²) in [5.41, 5.74) is 4.53. The second-order valence-electron chi connectivity index (χ2n) is 6.43. The van der Waals surface area contributed by atoms with Crippen molar-refractivity contribution in [2.24, 2.45) is 0 Å². The van der Waals surface area contributed by atoms with Crippen molar-refractivity contribution in [1.82, 2.24) is 4.90 Å². The average molecular weight is 324 g/mol. The van der Waals surface area contributed by atoms with Gasteiger partial charge in [-0.3, -0.25) is 0 Å². The summed E-state index contributed by atoms with van der Waals surface area (Å²) in [6.07, 6.45) is 0.993. The van der Waals surface area contributed by atoms with E-state index in [4.69, 9.17) is 4.74 Å². The SMILES string of the molecule is COc1ccc(C2CCN(C(=O)Nc3ccc(C)c(C)c3)C2)cc1. The van der Waals surface area contributed by atoms with Crippen LogP contribution in [0.25, 0.3) is 0 Å². The Morgan fingerprint density at radius 2 is 1.88 bits per heavy atom. The molecule has 2 aromatic rings. The lowest BCUT2D eigenvalue weighted by molar-refractivity contribution is 0.222. The van der Waals surface area contributed by atoms with Gasteiger partial charge < -0.3 is 15.0 Å². The minimum atomic E-state index is -0.0192. The van der Waals surface area contributed by atoms with Gasteiger partial charge in [0.05, 0.1) is 7.11 Å². The highest BCUT2D eigenvalue weighted by Gasteiger charge is 2.27. The fraction of sp³-hybridized carbons (Fsp3) is 0.350. The molecule has 1 unspecified atom stereocenters. The van der Waals surface area contributed by atoms with Gasteiger partial charge in [-0.2, -0.15) is 0 Å². The molecule has 0 aliphatic carbocycles. The molecule has 1 aliphatic heterocycles. The van der Waals surface area contributed by atoms with Crippen LogP contribution < -0.4 is 10.1 Å². The summed E-state index contributed by atoms with van der Waals surface area (Å²) >= 11 is 0. The Bertz CT molecular complexity index is 725. The number of benzene rings is 2. The van der Waals surface area contributed by atoms with Crippen LogP contribution in [0.15, 0.2) is 42.5 Å². The maximum Gasteiger partial charge on any atom is 0.321 e. The zero-order valence-corrected chi connectivity index (χ0v) is 14.5. The van der Waals surface area contributed by atoms with E-state index >= 15 is 0 Å². The molecular formula is C20H24N2O2. The lowest BCUT2D eigenvalue weighted by Gasteiger charge is -2.18. The maximum atomic E-state index is 12.5. The smallest absolute Gasteiger partial charge is 0.321 e. The van der Waals surface area contributed by atoms with Gasteiger partial charge in [0.25, 0.3) is 0 Å². The number of likely N-dealkylation sites (tertiary alicyclic amines) is 1. The van der Waals surface area contributed by atoms with Crippen LogP contribution in [0.5, 0.6) is 5.75 Å². The van der Waals surface area contributed by atoms with Crippen LogP contribution in [0, 0.1) is 13.8 Å². The normalized spacial score (nSPS) is 17.0. The van der Waals surface area contributed by atoms with Gasteiger partial charge in [0.2, 0.25) is 0 Å². The number of carbonyl (C=O) groups excluding carboxylic acids is 1. The summed E-state index contributed by atoms with van der Waals surface area (Å²) in [6.45, 7) is 5.66. The number of nitrogens with zero attached hydrogens (tertiary/aromatic N) is 1. The van der Waals surface area contributed by atoms with Crippen molar-refractivity contribution in [1.29, 1.82) is 0 Å². The molecule has 1 atom stereocenters. The molecule has 0 spiro atoms. The zero-order chi connectivity index (χ0) is 17.1. The van der Waals surface area contributed by atoms with Crippen LogP contribution in [-0.2, 0) is 0 Å². The van der Waals surface area contributed by atoms with E-state index in [2.05, 4.69) is 31.3 Å². The summed E-state index contributed by atoms with van der Waals surface area (Å²) in [5.74, 6) is 1.25. The van der Waals surface area contributed by atoms with Crippen molar-refractivity contribution < 1.29 is 9.53 Å². The third kappa shape index (κ3) is 3.53. The topological polar surface area (TPSA) is 41.6 Å². The molecule has 1 aliphatic rings. The Labute approximate surface area is 143 Å². The number of hydrogen-bond acceptors (Lipinski definition) is 2. The van der Waals surface area contributed by atoms with E-state index in [-0.39, 0.29) is 6.03 Å². The summed E-state index contributed by atoms with van der Waals surface area (Å²) in [6, 6.07) is 14.1. The minimum Gasteiger partial charge on any atom is -0.497 e. The van der Waals surface area contributed by atoms with Gasteiger partial charge in [0.1, 0.15) is 5.75 Å². The minimum absolute atomic E-state index is 0.0192. The Kier molecular flexibility index (Phi) is 4.74. The molecule has 4 heteroatoms. The monoisotopic (exact) mass is 324 g/mol. The van der Waals surface area contributed by atoms with Crippen LogP contribution in [-0.4, -0.2) is 31.1 Å². The number of amides is 2. The number of aryl methyl sites for hydroxylation is 2. The molecule has 1 saturated heterocycles. The van der Waals surface area contributed by atoms with Gasteiger partial charge in [-0.1, -0.05) is 18.2 Å². The first kappa shape index (κ1) is 16.4. The maximum absolute atomic E-state index is 12.5. The van der Waals surface area contributed by atoms with E-state index in [9.17, 15) is 4.79 Å². The number of rotatable bonds is 3. The molecule has 1 fully saturated rings. The second-order valence-corrected chi connectivity index (χ2v) is 6.43. The van der Waals surface area contributed by atoms with Gasteiger partial charge in [0.15, 0.2) is 0 Å². The van der Waals surface area contributed by atoms with Crippen LogP contribution in [0.4, 0.5) is 10.5 Å². The molecule has 4 nitrogen and oxygen atoms in total. The molecule has 1 heterocycles. The lowest BCUT2D eigenvalue weighted by Crippen LogP contribution is -2.32. The van der Waals surface area contributed by atoms with Gasteiger partial charge in [-0.15, -0.1) is 0 Å². The molecule has 0 bridgehead atoms. The largest absolute Gasteiger partial charge is 0.497 e. The first-order valence-corrected chi connectivity index (χ1v) is 8.34. The fourth-order valence-corrected chi connectivity index (χ4v) is 3.11. The van der Waals surface area contributed by atoms with Crippen molar-refractivity contribution in [2.75, 3.05) is 25.5 Å². The highest BCUT2D eigenvalue weighted by atomic mass is 16.5. The highest BCUT2D eigenvalue weighted by molar-refractivity contribution is 5.89.